The van der Waals surface area contributed by atoms with Gasteiger partial charge in [0.05, 0.1) is 12.1 Å². The van der Waals surface area contributed by atoms with Crippen LogP contribution in [0.15, 0.2) is 48.8 Å². The molecule has 1 heterocycles. The fraction of sp³-hybridized carbons (Fsp3) is 0.125. The van der Waals surface area contributed by atoms with Gasteiger partial charge in [-0.1, -0.05) is 24.0 Å². The van der Waals surface area contributed by atoms with Gasteiger partial charge in [-0.05, 0) is 24.3 Å². The quantitative estimate of drug-likeness (QED) is 0.867. The smallest absolute Gasteiger partial charge is 0.341 e. The Hall–Kier alpha value is -2.81. The van der Waals surface area contributed by atoms with Crippen molar-refractivity contribution in [2.45, 2.75) is 6.18 Å². The standard InChI is InChI=1S/C16H11F3N2O/c17-16(18,19)14-6-2-1-4-12(14)5-3-9-21-15(22)13-7-10-20-11-8-13/h1-2,4,6-8,10-11H,9H2,(H,21,22). The Balaban J connectivity index is 2.02. The van der Waals surface area contributed by atoms with Crippen LogP contribution in [0, 0.1) is 11.8 Å². The molecule has 2 rings (SSSR count). The van der Waals surface area contributed by atoms with Crippen LogP contribution in [0.5, 0.6) is 0 Å². The molecule has 0 spiro atoms. The van der Waals surface area contributed by atoms with Crippen LogP contribution in [0.25, 0.3) is 0 Å². The van der Waals surface area contributed by atoms with E-state index in [0.29, 0.717) is 5.56 Å². The molecule has 0 bridgehead atoms. The molecule has 2 aromatic rings. The fourth-order valence-corrected chi connectivity index (χ4v) is 1.71. The fourth-order valence-electron chi connectivity index (χ4n) is 1.71. The summed E-state index contributed by atoms with van der Waals surface area (Å²) >= 11 is 0. The Kier molecular flexibility index (Phi) is 4.79. The average molecular weight is 304 g/mol. The second-order valence-electron chi connectivity index (χ2n) is 4.26. The molecule has 0 aliphatic carbocycles. The monoisotopic (exact) mass is 304 g/mol. The van der Waals surface area contributed by atoms with E-state index in [1.807, 2.05) is 0 Å². The lowest BCUT2D eigenvalue weighted by atomic mass is 10.1. The minimum absolute atomic E-state index is 0.0483. The van der Waals surface area contributed by atoms with E-state index >= 15 is 0 Å². The van der Waals surface area contributed by atoms with Gasteiger partial charge in [-0.2, -0.15) is 13.2 Å². The molecule has 0 saturated carbocycles. The van der Waals surface area contributed by atoms with Crippen molar-refractivity contribution < 1.29 is 18.0 Å². The molecule has 0 aliphatic heterocycles. The van der Waals surface area contributed by atoms with Crippen molar-refractivity contribution in [1.29, 1.82) is 0 Å². The summed E-state index contributed by atoms with van der Waals surface area (Å²) in [7, 11) is 0. The molecule has 0 saturated heterocycles. The first kappa shape index (κ1) is 15.6. The van der Waals surface area contributed by atoms with Gasteiger partial charge in [-0.3, -0.25) is 9.78 Å². The highest BCUT2D eigenvalue weighted by atomic mass is 19.4. The highest BCUT2D eigenvalue weighted by Gasteiger charge is 2.32. The van der Waals surface area contributed by atoms with Crippen LogP contribution in [0.1, 0.15) is 21.5 Å². The van der Waals surface area contributed by atoms with Crippen LogP contribution >= 0.6 is 0 Å². The summed E-state index contributed by atoms with van der Waals surface area (Å²) in [6.45, 7) is -0.0483. The zero-order valence-electron chi connectivity index (χ0n) is 11.3. The molecule has 22 heavy (non-hydrogen) atoms. The predicted octanol–water partition coefficient (Wildman–Crippen LogP) is 2.88. The third kappa shape index (κ3) is 4.09. The Bertz CT molecular complexity index is 715. The van der Waals surface area contributed by atoms with Crippen LogP contribution in [0.2, 0.25) is 0 Å². The summed E-state index contributed by atoms with van der Waals surface area (Å²) in [5, 5.41) is 2.51. The van der Waals surface area contributed by atoms with Crippen LogP contribution in [-0.4, -0.2) is 17.4 Å². The molecule has 3 nitrogen and oxygen atoms in total. The van der Waals surface area contributed by atoms with E-state index in [2.05, 4.69) is 22.1 Å². The van der Waals surface area contributed by atoms with Gasteiger partial charge in [0, 0.05) is 23.5 Å². The number of hydrogen-bond donors (Lipinski definition) is 1. The number of amides is 1. The number of carbonyl (C=O) groups excluding carboxylic acids is 1. The molecule has 0 fully saturated rings. The van der Waals surface area contributed by atoms with Crippen LogP contribution in [0.4, 0.5) is 13.2 Å². The number of alkyl halides is 3. The largest absolute Gasteiger partial charge is 0.417 e. The van der Waals surface area contributed by atoms with Crippen molar-refractivity contribution in [2.75, 3.05) is 6.54 Å². The van der Waals surface area contributed by atoms with E-state index in [9.17, 15) is 18.0 Å². The maximum Gasteiger partial charge on any atom is 0.417 e. The number of benzene rings is 1. The maximum absolute atomic E-state index is 12.8. The number of hydrogen-bond acceptors (Lipinski definition) is 2. The van der Waals surface area contributed by atoms with Gasteiger partial charge in [-0.25, -0.2) is 0 Å². The van der Waals surface area contributed by atoms with Crippen molar-refractivity contribution in [3.05, 3.63) is 65.5 Å². The van der Waals surface area contributed by atoms with Crippen molar-refractivity contribution >= 4 is 5.91 Å². The number of halogens is 3. The number of pyridine rings is 1. The molecule has 0 radical (unpaired) electrons. The minimum Gasteiger partial charge on any atom is -0.341 e. The van der Waals surface area contributed by atoms with E-state index in [0.717, 1.165) is 6.07 Å². The molecule has 6 heteroatoms. The summed E-state index contributed by atoms with van der Waals surface area (Å²) in [5.41, 5.74) is -0.497. The summed E-state index contributed by atoms with van der Waals surface area (Å²) in [4.78, 5) is 15.5. The molecular weight excluding hydrogens is 293 g/mol. The van der Waals surface area contributed by atoms with E-state index in [1.54, 1.807) is 0 Å². The van der Waals surface area contributed by atoms with E-state index < -0.39 is 11.7 Å². The lowest BCUT2D eigenvalue weighted by molar-refractivity contribution is -0.137. The highest BCUT2D eigenvalue weighted by Crippen LogP contribution is 2.31. The lowest BCUT2D eigenvalue weighted by Gasteiger charge is -2.08. The van der Waals surface area contributed by atoms with E-state index in [1.165, 1.54) is 42.7 Å². The van der Waals surface area contributed by atoms with E-state index in [4.69, 9.17) is 0 Å². The summed E-state index contributed by atoms with van der Waals surface area (Å²) in [6, 6.07) is 8.11. The van der Waals surface area contributed by atoms with Gasteiger partial charge >= 0.3 is 6.18 Å². The van der Waals surface area contributed by atoms with Crippen molar-refractivity contribution in [3.8, 4) is 11.8 Å². The Morgan fingerprint density at radius 3 is 2.50 bits per heavy atom. The molecule has 0 atom stereocenters. The van der Waals surface area contributed by atoms with Gasteiger partial charge in [0.15, 0.2) is 0 Å². The number of nitrogens with zero attached hydrogens (tertiary/aromatic N) is 1. The van der Waals surface area contributed by atoms with Crippen molar-refractivity contribution in [2.24, 2.45) is 0 Å². The second-order valence-corrected chi connectivity index (χ2v) is 4.26. The van der Waals surface area contributed by atoms with Gasteiger partial charge in [0.1, 0.15) is 0 Å². The number of carbonyl (C=O) groups is 1. The third-order valence-electron chi connectivity index (χ3n) is 2.74. The summed E-state index contributed by atoms with van der Waals surface area (Å²) in [5.74, 6) is 4.59. The molecule has 1 N–H and O–H groups in total. The summed E-state index contributed by atoms with van der Waals surface area (Å²) in [6.07, 6.45) is -1.51. The predicted molar refractivity (Wildman–Crippen MR) is 74.9 cm³/mol. The summed E-state index contributed by atoms with van der Waals surface area (Å²) < 4.78 is 38.3. The molecule has 0 unspecified atom stereocenters. The van der Waals surface area contributed by atoms with Gasteiger partial charge in [0.25, 0.3) is 5.91 Å². The SMILES string of the molecule is O=C(NCC#Cc1ccccc1C(F)(F)F)c1ccncc1. The van der Waals surface area contributed by atoms with Crippen molar-refractivity contribution in [3.63, 3.8) is 0 Å². The average Bonchev–Trinajstić information content (AvgIpc) is 2.51. The maximum atomic E-state index is 12.8. The Morgan fingerprint density at radius 2 is 1.82 bits per heavy atom. The van der Waals surface area contributed by atoms with Gasteiger partial charge in [0.2, 0.25) is 0 Å². The molecule has 112 valence electrons. The van der Waals surface area contributed by atoms with Crippen LogP contribution in [-0.2, 0) is 6.18 Å². The first-order valence-corrected chi connectivity index (χ1v) is 6.32. The zero-order valence-corrected chi connectivity index (χ0v) is 11.3. The number of nitrogens with one attached hydrogen (secondary N) is 1. The number of aromatic nitrogens is 1. The van der Waals surface area contributed by atoms with Crippen LogP contribution in [0.3, 0.4) is 0 Å². The molecule has 1 aromatic heterocycles. The topological polar surface area (TPSA) is 42.0 Å². The highest BCUT2D eigenvalue weighted by molar-refractivity contribution is 5.94. The molecule has 1 aromatic carbocycles. The molecule has 0 aliphatic rings. The zero-order chi connectivity index (χ0) is 16.0. The first-order chi connectivity index (χ1) is 10.5. The van der Waals surface area contributed by atoms with E-state index in [-0.39, 0.29) is 18.0 Å². The molecule has 1 amide bonds. The normalized spacial score (nSPS) is 10.5. The van der Waals surface area contributed by atoms with Gasteiger partial charge in [-0.15, -0.1) is 0 Å². The first-order valence-electron chi connectivity index (χ1n) is 6.32. The molecular formula is C16H11F3N2O. The third-order valence-corrected chi connectivity index (χ3v) is 2.74. The number of rotatable bonds is 2. The minimum atomic E-state index is -4.45. The van der Waals surface area contributed by atoms with Crippen LogP contribution < -0.4 is 5.32 Å². The Labute approximate surface area is 125 Å². The Morgan fingerprint density at radius 1 is 1.14 bits per heavy atom. The lowest BCUT2D eigenvalue weighted by Crippen LogP contribution is -2.23. The van der Waals surface area contributed by atoms with Gasteiger partial charge < -0.3 is 5.32 Å². The second kappa shape index (κ2) is 6.76. The van der Waals surface area contributed by atoms with Crippen molar-refractivity contribution in [1.82, 2.24) is 10.3 Å².